The lowest BCUT2D eigenvalue weighted by Crippen LogP contribution is -2.28. The highest BCUT2D eigenvalue weighted by atomic mass is 32.1. The van der Waals surface area contributed by atoms with Crippen LogP contribution in [0, 0.1) is 11.3 Å². The van der Waals surface area contributed by atoms with E-state index >= 15 is 0 Å². The summed E-state index contributed by atoms with van der Waals surface area (Å²) in [4.78, 5) is 0. The van der Waals surface area contributed by atoms with Crippen LogP contribution < -0.4 is 0 Å². The van der Waals surface area contributed by atoms with Crippen LogP contribution in [-0.4, -0.2) is 5.25 Å². The van der Waals surface area contributed by atoms with Gasteiger partial charge in [-0.15, -0.1) is 0 Å². The second kappa shape index (κ2) is 2.77. The second-order valence-electron chi connectivity index (χ2n) is 4.45. The highest BCUT2D eigenvalue weighted by Gasteiger charge is 2.30. The van der Waals surface area contributed by atoms with Crippen molar-refractivity contribution < 1.29 is 0 Å². The fourth-order valence-corrected chi connectivity index (χ4v) is 2.17. The first-order chi connectivity index (χ1) is 4.51. The van der Waals surface area contributed by atoms with Crippen LogP contribution in [0.1, 0.15) is 40.0 Å². The van der Waals surface area contributed by atoms with Crippen molar-refractivity contribution in [3.05, 3.63) is 0 Å². The van der Waals surface area contributed by atoms with Crippen LogP contribution in [0.3, 0.4) is 0 Å². The summed E-state index contributed by atoms with van der Waals surface area (Å²) in [7, 11) is 0. The van der Waals surface area contributed by atoms with Gasteiger partial charge in [0.05, 0.1) is 0 Å². The molecule has 0 aromatic carbocycles. The zero-order chi connectivity index (χ0) is 7.78. The molecule has 0 radical (unpaired) electrons. The van der Waals surface area contributed by atoms with Gasteiger partial charge in [0.15, 0.2) is 0 Å². The van der Waals surface area contributed by atoms with E-state index in [2.05, 4.69) is 33.4 Å². The maximum Gasteiger partial charge on any atom is 0.00428 e. The molecule has 1 aliphatic rings. The quantitative estimate of drug-likeness (QED) is 0.514. The van der Waals surface area contributed by atoms with Crippen molar-refractivity contribution in [1.29, 1.82) is 0 Å². The van der Waals surface area contributed by atoms with Crippen molar-refractivity contribution in [3.8, 4) is 0 Å². The second-order valence-corrected chi connectivity index (χ2v) is 5.11. The third-order valence-electron chi connectivity index (χ3n) is 2.65. The fourth-order valence-electron chi connectivity index (χ4n) is 1.93. The molecule has 0 saturated heterocycles. The molecule has 0 bridgehead atoms. The predicted molar refractivity (Wildman–Crippen MR) is 49.6 cm³/mol. The molecule has 1 fully saturated rings. The molecular formula is C9H18S. The number of hydrogen-bond donors (Lipinski definition) is 1. The molecule has 60 valence electrons. The molecule has 2 unspecified atom stereocenters. The minimum Gasteiger partial charge on any atom is -0.176 e. The van der Waals surface area contributed by atoms with Crippen LogP contribution in [0.2, 0.25) is 0 Å². The topological polar surface area (TPSA) is 0 Å². The lowest BCUT2D eigenvalue weighted by atomic mass is 9.73. The normalized spacial score (nSPS) is 39.6. The Morgan fingerprint density at radius 1 is 1.40 bits per heavy atom. The Bertz CT molecular complexity index is 118. The third kappa shape index (κ3) is 1.91. The van der Waals surface area contributed by atoms with Crippen molar-refractivity contribution in [3.63, 3.8) is 0 Å². The molecular weight excluding hydrogens is 140 g/mol. The third-order valence-corrected chi connectivity index (χ3v) is 3.42. The van der Waals surface area contributed by atoms with E-state index in [-0.39, 0.29) is 0 Å². The first kappa shape index (κ1) is 8.45. The molecule has 2 atom stereocenters. The van der Waals surface area contributed by atoms with E-state index in [1.807, 2.05) is 0 Å². The molecule has 0 N–H and O–H groups in total. The van der Waals surface area contributed by atoms with Gasteiger partial charge in [0.1, 0.15) is 0 Å². The molecule has 0 aromatic rings. The molecule has 0 nitrogen and oxygen atoms in total. The van der Waals surface area contributed by atoms with E-state index in [1.165, 1.54) is 19.3 Å². The van der Waals surface area contributed by atoms with Crippen LogP contribution in [0.25, 0.3) is 0 Å². The van der Waals surface area contributed by atoms with Gasteiger partial charge in [-0.3, -0.25) is 0 Å². The van der Waals surface area contributed by atoms with Gasteiger partial charge in [-0.25, -0.2) is 0 Å². The zero-order valence-corrected chi connectivity index (χ0v) is 8.12. The van der Waals surface area contributed by atoms with Crippen LogP contribution in [0.4, 0.5) is 0 Å². The monoisotopic (exact) mass is 158 g/mol. The summed E-state index contributed by atoms with van der Waals surface area (Å²) in [5, 5.41) is 0.660. The molecule has 1 heteroatoms. The molecule has 0 amide bonds. The summed E-state index contributed by atoms with van der Waals surface area (Å²) in [6.07, 6.45) is 4.00. The zero-order valence-electron chi connectivity index (χ0n) is 7.22. The first-order valence-electron chi connectivity index (χ1n) is 4.19. The van der Waals surface area contributed by atoms with E-state index in [0.717, 1.165) is 5.92 Å². The van der Waals surface area contributed by atoms with E-state index in [4.69, 9.17) is 0 Å². The summed E-state index contributed by atoms with van der Waals surface area (Å²) in [5.74, 6) is 0.812. The Labute approximate surface area is 69.8 Å². The van der Waals surface area contributed by atoms with Gasteiger partial charge in [0.25, 0.3) is 0 Å². The van der Waals surface area contributed by atoms with Crippen LogP contribution in [0.5, 0.6) is 0 Å². The molecule has 10 heavy (non-hydrogen) atoms. The van der Waals surface area contributed by atoms with Crippen LogP contribution >= 0.6 is 12.6 Å². The summed E-state index contributed by atoms with van der Waals surface area (Å²) >= 11 is 4.53. The fraction of sp³-hybridized carbons (Fsp3) is 1.00. The van der Waals surface area contributed by atoms with Gasteiger partial charge in [0, 0.05) is 5.25 Å². The Morgan fingerprint density at radius 3 is 2.40 bits per heavy atom. The van der Waals surface area contributed by atoms with Gasteiger partial charge in [-0.1, -0.05) is 20.8 Å². The number of rotatable bonds is 0. The highest BCUT2D eigenvalue weighted by Crippen LogP contribution is 2.40. The molecule has 1 saturated carbocycles. The average Bonchev–Trinajstić information content (AvgIpc) is 1.79. The summed E-state index contributed by atoms with van der Waals surface area (Å²) < 4.78 is 0. The smallest absolute Gasteiger partial charge is 0.00428 e. The maximum absolute atomic E-state index is 4.53. The predicted octanol–water partition coefficient (Wildman–Crippen LogP) is 3.13. The van der Waals surface area contributed by atoms with Crippen molar-refractivity contribution in [1.82, 2.24) is 0 Å². The Hall–Kier alpha value is 0.350. The lowest BCUT2D eigenvalue weighted by Gasteiger charge is -2.37. The van der Waals surface area contributed by atoms with Crippen molar-refractivity contribution in [2.24, 2.45) is 11.3 Å². The number of thiol groups is 1. The maximum atomic E-state index is 4.53. The van der Waals surface area contributed by atoms with Gasteiger partial charge in [-0.2, -0.15) is 12.6 Å². The van der Waals surface area contributed by atoms with Crippen molar-refractivity contribution in [2.45, 2.75) is 45.3 Å². The minimum atomic E-state index is 0.582. The average molecular weight is 158 g/mol. The van der Waals surface area contributed by atoms with E-state index in [1.54, 1.807) is 0 Å². The molecule has 0 aromatic heterocycles. The van der Waals surface area contributed by atoms with E-state index in [9.17, 15) is 0 Å². The summed E-state index contributed by atoms with van der Waals surface area (Å²) in [6, 6.07) is 0. The Morgan fingerprint density at radius 2 is 2.00 bits per heavy atom. The highest BCUT2D eigenvalue weighted by molar-refractivity contribution is 7.81. The van der Waals surface area contributed by atoms with E-state index in [0.29, 0.717) is 10.7 Å². The van der Waals surface area contributed by atoms with E-state index < -0.39 is 0 Å². The molecule has 0 aliphatic heterocycles. The van der Waals surface area contributed by atoms with Crippen LogP contribution in [-0.2, 0) is 0 Å². The van der Waals surface area contributed by atoms with Gasteiger partial charge < -0.3 is 0 Å². The molecule has 1 rings (SSSR count). The largest absolute Gasteiger partial charge is 0.176 e. The Kier molecular flexibility index (Phi) is 2.34. The van der Waals surface area contributed by atoms with Gasteiger partial charge in [-0.05, 0) is 30.6 Å². The first-order valence-corrected chi connectivity index (χ1v) is 4.71. The van der Waals surface area contributed by atoms with Crippen molar-refractivity contribution >= 4 is 12.6 Å². The summed E-state index contributed by atoms with van der Waals surface area (Å²) in [6.45, 7) is 7.05. The van der Waals surface area contributed by atoms with Crippen molar-refractivity contribution in [2.75, 3.05) is 0 Å². The van der Waals surface area contributed by atoms with Crippen LogP contribution in [0.15, 0.2) is 0 Å². The molecule has 0 heterocycles. The van der Waals surface area contributed by atoms with Gasteiger partial charge in [0.2, 0.25) is 0 Å². The van der Waals surface area contributed by atoms with Gasteiger partial charge >= 0.3 is 0 Å². The lowest BCUT2D eigenvalue weighted by molar-refractivity contribution is 0.198. The Balaban J connectivity index is 2.49. The minimum absolute atomic E-state index is 0.582. The molecule has 1 aliphatic carbocycles. The number of hydrogen-bond acceptors (Lipinski definition) is 1. The standard InChI is InChI=1S/C9H18S/c1-7-6-9(2,3)5-4-8(7)10/h7-8,10H,4-6H2,1-3H3. The summed E-state index contributed by atoms with van der Waals surface area (Å²) in [5.41, 5.74) is 0.582. The molecule has 0 spiro atoms. The SMILES string of the molecule is CC1CC(C)(C)CCC1S.